The van der Waals surface area contributed by atoms with Gasteiger partial charge < -0.3 is 14.2 Å². The second kappa shape index (κ2) is 6.71. The van der Waals surface area contributed by atoms with Gasteiger partial charge in [0.2, 0.25) is 0 Å². The van der Waals surface area contributed by atoms with E-state index in [1.165, 1.54) is 6.39 Å². The number of carbonyl (C=O) groups is 1. The summed E-state index contributed by atoms with van der Waals surface area (Å²) >= 11 is 0. The monoisotopic (exact) mass is 325 g/mol. The average molecular weight is 325 g/mol. The lowest BCUT2D eigenvalue weighted by atomic mass is 10.1. The molecule has 3 heterocycles. The average Bonchev–Trinajstić information content (AvgIpc) is 3.11. The number of nitrogens with zero attached hydrogens (tertiary/aromatic N) is 5. The number of pyridine rings is 1. The molecule has 1 aliphatic rings. The number of carbonyl (C=O) groups excluding carboxylic acids is 1. The third-order valence-corrected chi connectivity index (χ3v) is 4.10. The zero-order valence-electron chi connectivity index (χ0n) is 13.8. The van der Waals surface area contributed by atoms with E-state index < -0.39 is 0 Å². The zero-order chi connectivity index (χ0) is 17.1. The van der Waals surface area contributed by atoms with Crippen LogP contribution in [0.25, 0.3) is 0 Å². The normalized spacial score (nSPS) is 14.8. The van der Waals surface area contributed by atoms with E-state index in [1.807, 2.05) is 18.7 Å². The Bertz CT molecular complexity index is 769. The summed E-state index contributed by atoms with van der Waals surface area (Å²) in [5.41, 5.74) is 0.949. The van der Waals surface area contributed by atoms with Crippen molar-refractivity contribution in [1.29, 1.82) is 5.26 Å². The molecular formula is C17H19N5O2. The summed E-state index contributed by atoms with van der Waals surface area (Å²) in [5.74, 6) is 1.31. The van der Waals surface area contributed by atoms with Crippen LogP contribution in [0.4, 0.5) is 5.82 Å². The van der Waals surface area contributed by atoms with E-state index in [0.29, 0.717) is 49.0 Å². The molecule has 3 rings (SSSR count). The summed E-state index contributed by atoms with van der Waals surface area (Å²) in [6, 6.07) is 5.67. The molecule has 0 unspecified atom stereocenters. The molecule has 0 spiro atoms. The Morgan fingerprint density at radius 3 is 2.71 bits per heavy atom. The first-order valence-electron chi connectivity index (χ1n) is 7.94. The molecule has 0 N–H and O–H groups in total. The third-order valence-electron chi connectivity index (χ3n) is 4.10. The minimum absolute atomic E-state index is 0.103. The molecule has 1 aliphatic heterocycles. The molecule has 0 aromatic carbocycles. The lowest BCUT2D eigenvalue weighted by Crippen LogP contribution is -2.49. The van der Waals surface area contributed by atoms with Crippen LogP contribution in [0.3, 0.4) is 0 Å². The number of piperazine rings is 1. The highest BCUT2D eigenvalue weighted by atomic mass is 16.3. The highest BCUT2D eigenvalue weighted by Crippen LogP contribution is 2.22. The van der Waals surface area contributed by atoms with Crippen LogP contribution in [0.2, 0.25) is 0 Å². The Morgan fingerprint density at radius 1 is 1.29 bits per heavy atom. The van der Waals surface area contributed by atoms with Crippen molar-refractivity contribution in [2.45, 2.75) is 19.8 Å². The van der Waals surface area contributed by atoms with Gasteiger partial charge in [-0.15, -0.1) is 0 Å². The number of nitriles is 1. The van der Waals surface area contributed by atoms with Crippen molar-refractivity contribution in [2.24, 2.45) is 0 Å². The fourth-order valence-electron chi connectivity index (χ4n) is 2.83. The van der Waals surface area contributed by atoms with E-state index in [0.717, 1.165) is 0 Å². The fourth-order valence-corrected chi connectivity index (χ4v) is 2.83. The predicted octanol–water partition coefficient (Wildman–Crippen LogP) is 2.03. The molecular weight excluding hydrogens is 306 g/mol. The highest BCUT2D eigenvalue weighted by molar-refractivity contribution is 5.93. The van der Waals surface area contributed by atoms with Gasteiger partial charge in [0.15, 0.2) is 12.1 Å². The predicted molar refractivity (Wildman–Crippen MR) is 87.7 cm³/mol. The van der Waals surface area contributed by atoms with Gasteiger partial charge in [-0.25, -0.2) is 9.97 Å². The van der Waals surface area contributed by atoms with Crippen molar-refractivity contribution in [1.82, 2.24) is 14.9 Å². The van der Waals surface area contributed by atoms with Crippen molar-refractivity contribution in [3.63, 3.8) is 0 Å². The molecule has 2 aromatic rings. The number of rotatable bonds is 3. The van der Waals surface area contributed by atoms with Gasteiger partial charge in [0.1, 0.15) is 17.6 Å². The zero-order valence-corrected chi connectivity index (χ0v) is 13.8. The van der Waals surface area contributed by atoms with E-state index in [1.54, 1.807) is 23.2 Å². The van der Waals surface area contributed by atoms with Crippen LogP contribution in [-0.2, 0) is 0 Å². The topological polar surface area (TPSA) is 86.3 Å². The van der Waals surface area contributed by atoms with Crippen LogP contribution in [0, 0.1) is 11.3 Å². The number of oxazole rings is 1. The minimum Gasteiger partial charge on any atom is -0.447 e. The van der Waals surface area contributed by atoms with Gasteiger partial charge in [-0.3, -0.25) is 4.79 Å². The highest BCUT2D eigenvalue weighted by Gasteiger charge is 2.28. The van der Waals surface area contributed by atoms with Crippen molar-refractivity contribution >= 4 is 11.7 Å². The summed E-state index contributed by atoms with van der Waals surface area (Å²) in [5, 5.41) is 9.20. The van der Waals surface area contributed by atoms with Crippen LogP contribution in [0.1, 0.15) is 41.6 Å². The minimum atomic E-state index is -0.103. The Hall–Kier alpha value is -2.88. The summed E-state index contributed by atoms with van der Waals surface area (Å²) in [6.07, 6.45) is 3.00. The fraction of sp³-hybridized carbons (Fsp3) is 0.412. The van der Waals surface area contributed by atoms with Gasteiger partial charge >= 0.3 is 0 Å². The second-order valence-electron chi connectivity index (χ2n) is 5.99. The molecule has 0 atom stereocenters. The lowest BCUT2D eigenvalue weighted by molar-refractivity contribution is 0.0738. The first kappa shape index (κ1) is 16.0. The van der Waals surface area contributed by atoms with Gasteiger partial charge in [-0.05, 0) is 12.1 Å². The Morgan fingerprint density at radius 2 is 2.04 bits per heavy atom. The van der Waals surface area contributed by atoms with Crippen molar-refractivity contribution in [2.75, 3.05) is 31.1 Å². The van der Waals surface area contributed by atoms with E-state index >= 15 is 0 Å². The molecule has 1 fully saturated rings. The smallest absolute Gasteiger partial charge is 0.276 e. The molecule has 7 nitrogen and oxygen atoms in total. The van der Waals surface area contributed by atoms with E-state index in [-0.39, 0.29) is 11.8 Å². The summed E-state index contributed by atoms with van der Waals surface area (Å²) < 4.78 is 5.34. The van der Waals surface area contributed by atoms with Gasteiger partial charge in [-0.1, -0.05) is 13.8 Å². The number of anilines is 1. The van der Waals surface area contributed by atoms with E-state index in [2.05, 4.69) is 16.0 Å². The Balaban J connectivity index is 1.70. The molecule has 7 heteroatoms. The molecule has 0 radical (unpaired) electrons. The number of hydrogen-bond donors (Lipinski definition) is 0. The maximum atomic E-state index is 12.7. The number of amides is 1. The first-order chi connectivity index (χ1) is 11.6. The standard InChI is InChI=1S/C17H19N5O2/c1-12(2)15-14(20-11-24-15)17(23)22-8-6-21(7-9-22)16-13(10-18)4-3-5-19-16/h3-5,11-12H,6-9H2,1-2H3. The summed E-state index contributed by atoms with van der Waals surface area (Å²) in [4.78, 5) is 24.9. The third kappa shape index (κ3) is 2.95. The molecule has 0 saturated carbocycles. The molecule has 0 aliphatic carbocycles. The molecule has 1 amide bonds. The SMILES string of the molecule is CC(C)c1ocnc1C(=O)N1CCN(c2ncccc2C#N)CC1. The molecule has 124 valence electrons. The molecule has 24 heavy (non-hydrogen) atoms. The lowest BCUT2D eigenvalue weighted by Gasteiger charge is -2.35. The van der Waals surface area contributed by atoms with Crippen molar-refractivity contribution in [3.8, 4) is 6.07 Å². The van der Waals surface area contributed by atoms with Crippen LogP contribution < -0.4 is 4.90 Å². The van der Waals surface area contributed by atoms with Gasteiger partial charge in [0.05, 0.1) is 5.56 Å². The van der Waals surface area contributed by atoms with Crippen molar-refractivity contribution in [3.05, 3.63) is 41.7 Å². The molecule has 1 saturated heterocycles. The maximum absolute atomic E-state index is 12.7. The Kier molecular flexibility index (Phi) is 4.47. The van der Waals surface area contributed by atoms with Crippen LogP contribution >= 0.6 is 0 Å². The van der Waals surface area contributed by atoms with Gasteiger partial charge in [0, 0.05) is 38.3 Å². The first-order valence-corrected chi connectivity index (χ1v) is 7.94. The van der Waals surface area contributed by atoms with Crippen LogP contribution in [-0.4, -0.2) is 47.0 Å². The summed E-state index contributed by atoms with van der Waals surface area (Å²) in [7, 11) is 0. The largest absolute Gasteiger partial charge is 0.447 e. The van der Waals surface area contributed by atoms with Gasteiger partial charge in [-0.2, -0.15) is 5.26 Å². The van der Waals surface area contributed by atoms with Gasteiger partial charge in [0.25, 0.3) is 5.91 Å². The maximum Gasteiger partial charge on any atom is 0.276 e. The Labute approximate surface area is 140 Å². The van der Waals surface area contributed by atoms with E-state index in [9.17, 15) is 10.1 Å². The molecule has 2 aromatic heterocycles. The van der Waals surface area contributed by atoms with Crippen LogP contribution in [0.5, 0.6) is 0 Å². The van der Waals surface area contributed by atoms with Crippen LogP contribution in [0.15, 0.2) is 29.1 Å². The number of aromatic nitrogens is 2. The quantitative estimate of drug-likeness (QED) is 0.858. The summed E-state index contributed by atoms with van der Waals surface area (Å²) in [6.45, 7) is 6.33. The molecule has 0 bridgehead atoms. The van der Waals surface area contributed by atoms with E-state index in [4.69, 9.17) is 4.42 Å². The second-order valence-corrected chi connectivity index (χ2v) is 5.99. The van der Waals surface area contributed by atoms with Crippen molar-refractivity contribution < 1.29 is 9.21 Å². The number of hydrogen-bond acceptors (Lipinski definition) is 6.